The summed E-state index contributed by atoms with van der Waals surface area (Å²) in [5.74, 6) is -1.01. The van der Waals surface area contributed by atoms with Crippen LogP contribution in [0.3, 0.4) is 0 Å². The van der Waals surface area contributed by atoms with Gasteiger partial charge in [-0.2, -0.15) is 0 Å². The van der Waals surface area contributed by atoms with Crippen LogP contribution in [-0.4, -0.2) is 32.2 Å². The molecule has 2 amide bonds. The van der Waals surface area contributed by atoms with Gasteiger partial charge in [0.1, 0.15) is 11.5 Å². The maximum Gasteiger partial charge on any atom is 0.295 e. The molecule has 0 radical (unpaired) electrons. The van der Waals surface area contributed by atoms with Crippen molar-refractivity contribution >= 4 is 35.0 Å². The molecule has 9 heteroatoms. The van der Waals surface area contributed by atoms with Crippen molar-refractivity contribution in [2.75, 3.05) is 16.4 Å². The van der Waals surface area contributed by atoms with Gasteiger partial charge in [0.15, 0.2) is 0 Å². The van der Waals surface area contributed by atoms with Crippen LogP contribution in [0.15, 0.2) is 53.3 Å². The highest BCUT2D eigenvalue weighted by Crippen LogP contribution is 2.19. The van der Waals surface area contributed by atoms with Crippen LogP contribution in [-0.2, 0) is 16.6 Å². The van der Waals surface area contributed by atoms with Gasteiger partial charge in [0.25, 0.3) is 5.56 Å². The molecule has 7 nitrogen and oxygen atoms in total. The molecular weight excluding hydrogens is 431 g/mol. The number of carbonyl (C=O) groups is 2. The van der Waals surface area contributed by atoms with Crippen molar-refractivity contribution in [3.8, 4) is 5.69 Å². The molecule has 0 fully saturated rings. The van der Waals surface area contributed by atoms with E-state index in [4.69, 9.17) is 0 Å². The third kappa shape index (κ3) is 5.11. The summed E-state index contributed by atoms with van der Waals surface area (Å²) in [6.07, 6.45) is 0. The van der Waals surface area contributed by atoms with E-state index in [0.29, 0.717) is 22.6 Å². The van der Waals surface area contributed by atoms with Crippen molar-refractivity contribution in [3.05, 3.63) is 76.0 Å². The molecule has 0 spiro atoms. The average molecular weight is 457 g/mol. The molecule has 1 unspecified atom stereocenters. The first-order valence-electron chi connectivity index (χ1n) is 10.0. The summed E-state index contributed by atoms with van der Waals surface area (Å²) in [6.45, 7) is 5.13. The molecule has 2 N–H and O–H groups in total. The Morgan fingerprint density at radius 1 is 1.09 bits per heavy atom. The highest BCUT2D eigenvalue weighted by Gasteiger charge is 2.22. The maximum atomic E-state index is 13.2. The molecule has 3 aromatic rings. The predicted octanol–water partition coefficient (Wildman–Crippen LogP) is 3.63. The Bertz CT molecular complexity index is 1200. The standard InChI is InChI=1S/C23H25FN4O3S/c1-14-12-17(24)10-11-19(14)25-20(29)13-32-16(3)22(30)26-21-15(2)27(4)28(23(21)31)18-8-6-5-7-9-18/h5-12,16H,13H2,1-4H3,(H,25,29)(H,26,30). The lowest BCUT2D eigenvalue weighted by Gasteiger charge is -2.12. The second-order valence-electron chi connectivity index (χ2n) is 7.39. The zero-order chi connectivity index (χ0) is 23.4. The van der Waals surface area contributed by atoms with Crippen LogP contribution in [0.25, 0.3) is 5.69 Å². The number of rotatable bonds is 7. The Balaban J connectivity index is 1.63. The minimum Gasteiger partial charge on any atom is -0.325 e. The molecule has 2 aromatic carbocycles. The molecule has 0 saturated carbocycles. The van der Waals surface area contributed by atoms with Crippen LogP contribution >= 0.6 is 11.8 Å². The van der Waals surface area contributed by atoms with E-state index in [0.717, 1.165) is 11.8 Å². The first-order chi connectivity index (χ1) is 15.2. The Kier molecular flexibility index (Phi) is 7.19. The first kappa shape index (κ1) is 23.3. The summed E-state index contributed by atoms with van der Waals surface area (Å²) in [6, 6.07) is 13.3. The van der Waals surface area contributed by atoms with Crippen molar-refractivity contribution in [3.63, 3.8) is 0 Å². The van der Waals surface area contributed by atoms with Crippen molar-refractivity contribution in [1.29, 1.82) is 0 Å². The summed E-state index contributed by atoms with van der Waals surface area (Å²) >= 11 is 1.15. The summed E-state index contributed by atoms with van der Waals surface area (Å²) in [5.41, 5.74) is 2.33. The number of hydrogen-bond acceptors (Lipinski definition) is 4. The van der Waals surface area contributed by atoms with Gasteiger partial charge in [0.2, 0.25) is 11.8 Å². The summed E-state index contributed by atoms with van der Waals surface area (Å²) in [7, 11) is 1.75. The molecular formula is C23H25FN4O3S. The number of carbonyl (C=O) groups excluding carboxylic acids is 2. The Morgan fingerprint density at radius 2 is 1.78 bits per heavy atom. The van der Waals surface area contributed by atoms with E-state index in [1.54, 1.807) is 32.5 Å². The fraction of sp³-hybridized carbons (Fsp3) is 0.261. The number of thioether (sulfide) groups is 1. The molecule has 0 aliphatic carbocycles. The van der Waals surface area contributed by atoms with Gasteiger partial charge in [0, 0.05) is 12.7 Å². The number of nitrogens with one attached hydrogen (secondary N) is 2. The van der Waals surface area contributed by atoms with E-state index in [9.17, 15) is 18.8 Å². The number of para-hydroxylation sites is 1. The molecule has 0 bridgehead atoms. The molecule has 1 atom stereocenters. The zero-order valence-electron chi connectivity index (χ0n) is 18.3. The highest BCUT2D eigenvalue weighted by molar-refractivity contribution is 8.01. The number of aromatic nitrogens is 2. The van der Waals surface area contributed by atoms with Gasteiger partial charge in [-0.25, -0.2) is 9.07 Å². The molecule has 1 heterocycles. The number of hydrogen-bond donors (Lipinski definition) is 2. The van der Waals surface area contributed by atoms with Gasteiger partial charge >= 0.3 is 0 Å². The van der Waals surface area contributed by atoms with Crippen molar-refractivity contribution in [1.82, 2.24) is 9.36 Å². The van der Waals surface area contributed by atoms with Gasteiger partial charge in [-0.3, -0.25) is 19.1 Å². The van der Waals surface area contributed by atoms with Gasteiger partial charge < -0.3 is 10.6 Å². The highest BCUT2D eigenvalue weighted by atomic mass is 32.2. The Labute approximate surface area is 189 Å². The molecule has 1 aromatic heterocycles. The Morgan fingerprint density at radius 3 is 2.44 bits per heavy atom. The van der Waals surface area contributed by atoms with Gasteiger partial charge in [0.05, 0.1) is 22.4 Å². The second-order valence-corrected chi connectivity index (χ2v) is 8.72. The van der Waals surface area contributed by atoms with E-state index in [1.165, 1.54) is 22.9 Å². The lowest BCUT2D eigenvalue weighted by atomic mass is 10.2. The summed E-state index contributed by atoms with van der Waals surface area (Å²) in [4.78, 5) is 37.8. The van der Waals surface area contributed by atoms with Gasteiger partial charge in [-0.1, -0.05) is 18.2 Å². The predicted molar refractivity (Wildman–Crippen MR) is 126 cm³/mol. The number of benzene rings is 2. The molecule has 0 aliphatic heterocycles. The van der Waals surface area contributed by atoms with Crippen LogP contribution in [0.2, 0.25) is 0 Å². The van der Waals surface area contributed by atoms with Crippen LogP contribution in [0.1, 0.15) is 18.2 Å². The summed E-state index contributed by atoms with van der Waals surface area (Å²) in [5, 5.41) is 4.85. The smallest absolute Gasteiger partial charge is 0.295 e. The van der Waals surface area contributed by atoms with Gasteiger partial charge in [-0.15, -0.1) is 11.8 Å². The van der Waals surface area contributed by atoms with E-state index in [-0.39, 0.29) is 34.6 Å². The van der Waals surface area contributed by atoms with Crippen LogP contribution in [0.5, 0.6) is 0 Å². The Hall–Kier alpha value is -3.33. The lowest BCUT2D eigenvalue weighted by Crippen LogP contribution is -2.28. The minimum absolute atomic E-state index is 0.0351. The average Bonchev–Trinajstić information content (AvgIpc) is 2.97. The minimum atomic E-state index is -0.570. The normalized spacial score (nSPS) is 11.8. The molecule has 3 rings (SSSR count). The fourth-order valence-corrected chi connectivity index (χ4v) is 3.85. The molecule has 32 heavy (non-hydrogen) atoms. The monoisotopic (exact) mass is 456 g/mol. The van der Waals surface area contributed by atoms with Crippen LogP contribution < -0.4 is 16.2 Å². The fourth-order valence-electron chi connectivity index (χ4n) is 3.17. The number of halogens is 1. The van der Waals surface area contributed by atoms with Crippen LogP contribution in [0.4, 0.5) is 15.8 Å². The first-order valence-corrected chi connectivity index (χ1v) is 11.1. The molecule has 0 saturated heterocycles. The largest absolute Gasteiger partial charge is 0.325 e. The van der Waals surface area contributed by atoms with E-state index in [2.05, 4.69) is 10.6 Å². The number of amides is 2. The van der Waals surface area contributed by atoms with Crippen LogP contribution in [0, 0.1) is 19.7 Å². The third-order valence-electron chi connectivity index (χ3n) is 5.10. The maximum absolute atomic E-state index is 13.2. The SMILES string of the molecule is Cc1cc(F)ccc1NC(=O)CSC(C)C(=O)Nc1c(C)n(C)n(-c2ccccc2)c1=O. The van der Waals surface area contributed by atoms with Crippen molar-refractivity contribution in [2.24, 2.45) is 7.05 Å². The lowest BCUT2D eigenvalue weighted by molar-refractivity contribution is -0.115. The van der Waals surface area contributed by atoms with E-state index in [1.807, 2.05) is 30.3 Å². The molecule has 168 valence electrons. The quantitative estimate of drug-likeness (QED) is 0.569. The van der Waals surface area contributed by atoms with Crippen molar-refractivity contribution < 1.29 is 14.0 Å². The number of anilines is 2. The van der Waals surface area contributed by atoms with Gasteiger partial charge in [-0.05, 0) is 56.7 Å². The van der Waals surface area contributed by atoms with E-state index >= 15 is 0 Å². The number of aryl methyl sites for hydroxylation is 1. The second kappa shape index (κ2) is 9.86. The van der Waals surface area contributed by atoms with E-state index < -0.39 is 5.25 Å². The summed E-state index contributed by atoms with van der Waals surface area (Å²) < 4.78 is 16.4. The topological polar surface area (TPSA) is 85.1 Å². The van der Waals surface area contributed by atoms with Crippen molar-refractivity contribution in [2.45, 2.75) is 26.0 Å². The third-order valence-corrected chi connectivity index (χ3v) is 6.24. The molecule has 0 aliphatic rings. The number of nitrogens with zero attached hydrogens (tertiary/aromatic N) is 2. The zero-order valence-corrected chi connectivity index (χ0v) is 19.1.